The SMILES string of the molecule is CN(Cc1ccc2c(c1)OCCO2)C(=O)C1CCN(C(=O)C2CC2)CC1. The third-order valence-corrected chi connectivity index (χ3v) is 5.49. The van der Waals surface area contributed by atoms with Gasteiger partial charge in [0.2, 0.25) is 11.8 Å². The Morgan fingerprint density at radius 1 is 1.04 bits per heavy atom. The van der Waals surface area contributed by atoms with Crippen LogP contribution >= 0.6 is 0 Å². The molecule has 3 aliphatic rings. The van der Waals surface area contributed by atoms with E-state index in [-0.39, 0.29) is 17.7 Å². The monoisotopic (exact) mass is 358 g/mol. The second kappa shape index (κ2) is 7.17. The summed E-state index contributed by atoms with van der Waals surface area (Å²) in [4.78, 5) is 28.7. The van der Waals surface area contributed by atoms with Gasteiger partial charge in [0.05, 0.1) is 0 Å². The Balaban J connectivity index is 1.31. The van der Waals surface area contributed by atoms with E-state index in [1.165, 1.54) is 0 Å². The van der Waals surface area contributed by atoms with Crippen LogP contribution in [0.3, 0.4) is 0 Å². The van der Waals surface area contributed by atoms with E-state index in [9.17, 15) is 9.59 Å². The summed E-state index contributed by atoms with van der Waals surface area (Å²) in [7, 11) is 1.85. The molecule has 1 saturated heterocycles. The van der Waals surface area contributed by atoms with Crippen molar-refractivity contribution < 1.29 is 19.1 Å². The number of piperidine rings is 1. The van der Waals surface area contributed by atoms with E-state index in [2.05, 4.69) is 0 Å². The zero-order valence-electron chi connectivity index (χ0n) is 15.3. The number of ether oxygens (including phenoxy) is 2. The minimum atomic E-state index is 0.0143. The van der Waals surface area contributed by atoms with Gasteiger partial charge in [-0.25, -0.2) is 0 Å². The second-order valence-electron chi connectivity index (χ2n) is 7.55. The molecular formula is C20H26N2O4. The van der Waals surface area contributed by atoms with Gasteiger partial charge in [0.25, 0.3) is 0 Å². The average Bonchev–Trinajstić information content (AvgIpc) is 3.52. The van der Waals surface area contributed by atoms with Crippen molar-refractivity contribution in [2.45, 2.75) is 32.2 Å². The number of amides is 2. The smallest absolute Gasteiger partial charge is 0.225 e. The zero-order valence-corrected chi connectivity index (χ0v) is 15.3. The Kier molecular flexibility index (Phi) is 4.74. The highest BCUT2D eigenvalue weighted by Crippen LogP contribution is 2.33. The third-order valence-electron chi connectivity index (χ3n) is 5.49. The Morgan fingerprint density at radius 2 is 1.73 bits per heavy atom. The number of hydrogen-bond donors (Lipinski definition) is 0. The van der Waals surface area contributed by atoms with Gasteiger partial charge in [0, 0.05) is 38.5 Å². The quantitative estimate of drug-likeness (QED) is 0.827. The lowest BCUT2D eigenvalue weighted by Crippen LogP contribution is -2.43. The van der Waals surface area contributed by atoms with Crippen molar-refractivity contribution in [2.24, 2.45) is 11.8 Å². The minimum Gasteiger partial charge on any atom is -0.486 e. The summed E-state index contributed by atoms with van der Waals surface area (Å²) in [5.74, 6) is 2.25. The summed E-state index contributed by atoms with van der Waals surface area (Å²) in [6.45, 7) is 3.11. The second-order valence-corrected chi connectivity index (χ2v) is 7.55. The molecule has 2 heterocycles. The molecule has 0 bridgehead atoms. The van der Waals surface area contributed by atoms with Crippen molar-refractivity contribution in [1.82, 2.24) is 9.80 Å². The van der Waals surface area contributed by atoms with Crippen LogP contribution in [0, 0.1) is 11.8 Å². The maximum Gasteiger partial charge on any atom is 0.225 e. The van der Waals surface area contributed by atoms with E-state index in [1.54, 1.807) is 4.90 Å². The molecule has 26 heavy (non-hydrogen) atoms. The first kappa shape index (κ1) is 17.2. The highest BCUT2D eigenvalue weighted by atomic mass is 16.6. The Labute approximate surface area is 154 Å². The number of benzene rings is 1. The van der Waals surface area contributed by atoms with Gasteiger partial charge in [-0.05, 0) is 43.4 Å². The largest absolute Gasteiger partial charge is 0.486 e. The Bertz CT molecular complexity index is 693. The van der Waals surface area contributed by atoms with E-state index < -0.39 is 0 Å². The van der Waals surface area contributed by atoms with E-state index in [4.69, 9.17) is 9.47 Å². The van der Waals surface area contributed by atoms with Crippen molar-refractivity contribution >= 4 is 11.8 Å². The number of nitrogens with zero attached hydrogens (tertiary/aromatic N) is 2. The molecule has 0 N–H and O–H groups in total. The van der Waals surface area contributed by atoms with Crippen LogP contribution in [0.4, 0.5) is 0 Å². The first-order valence-corrected chi connectivity index (χ1v) is 9.54. The van der Waals surface area contributed by atoms with Crippen LogP contribution in [0.25, 0.3) is 0 Å². The van der Waals surface area contributed by atoms with Crippen molar-refractivity contribution in [3.63, 3.8) is 0 Å². The lowest BCUT2D eigenvalue weighted by molar-refractivity contribution is -0.140. The van der Waals surface area contributed by atoms with Gasteiger partial charge >= 0.3 is 0 Å². The molecule has 6 heteroatoms. The Morgan fingerprint density at radius 3 is 2.42 bits per heavy atom. The Hall–Kier alpha value is -2.24. The van der Waals surface area contributed by atoms with E-state index in [0.717, 1.165) is 42.7 Å². The number of carbonyl (C=O) groups is 2. The molecule has 4 rings (SSSR count). The lowest BCUT2D eigenvalue weighted by atomic mass is 9.95. The number of fused-ring (bicyclic) bond motifs is 1. The predicted octanol–water partition coefficient (Wildman–Crippen LogP) is 2.06. The van der Waals surface area contributed by atoms with Gasteiger partial charge in [0.15, 0.2) is 11.5 Å². The van der Waals surface area contributed by atoms with Gasteiger partial charge in [-0.15, -0.1) is 0 Å². The predicted molar refractivity (Wildman–Crippen MR) is 95.9 cm³/mol. The average molecular weight is 358 g/mol. The van der Waals surface area contributed by atoms with Crippen LogP contribution in [0.15, 0.2) is 18.2 Å². The topological polar surface area (TPSA) is 59.1 Å². The molecule has 2 fully saturated rings. The van der Waals surface area contributed by atoms with Crippen molar-refractivity contribution in [2.75, 3.05) is 33.4 Å². The first-order valence-electron chi connectivity index (χ1n) is 9.54. The van der Waals surface area contributed by atoms with Crippen LogP contribution in [-0.4, -0.2) is 55.0 Å². The van der Waals surface area contributed by atoms with Crippen LogP contribution in [0.1, 0.15) is 31.2 Å². The molecule has 2 amide bonds. The molecule has 0 spiro atoms. The summed E-state index contributed by atoms with van der Waals surface area (Å²) in [6.07, 6.45) is 3.61. The van der Waals surface area contributed by atoms with Gasteiger partial charge in [-0.2, -0.15) is 0 Å². The fourth-order valence-corrected chi connectivity index (χ4v) is 3.78. The molecule has 6 nitrogen and oxygen atoms in total. The molecular weight excluding hydrogens is 332 g/mol. The zero-order chi connectivity index (χ0) is 18.1. The molecule has 0 aromatic heterocycles. The highest BCUT2D eigenvalue weighted by Gasteiger charge is 2.36. The van der Waals surface area contributed by atoms with Crippen molar-refractivity contribution in [3.8, 4) is 11.5 Å². The number of hydrogen-bond acceptors (Lipinski definition) is 4. The van der Waals surface area contributed by atoms with Gasteiger partial charge < -0.3 is 19.3 Å². The van der Waals surface area contributed by atoms with Crippen LogP contribution in [-0.2, 0) is 16.1 Å². The lowest BCUT2D eigenvalue weighted by Gasteiger charge is -2.33. The summed E-state index contributed by atoms with van der Waals surface area (Å²) < 4.78 is 11.2. The highest BCUT2D eigenvalue weighted by molar-refractivity contribution is 5.82. The van der Waals surface area contributed by atoms with Crippen molar-refractivity contribution in [1.29, 1.82) is 0 Å². The maximum atomic E-state index is 12.8. The molecule has 0 atom stereocenters. The molecule has 1 aliphatic carbocycles. The van der Waals surface area contributed by atoms with Crippen LogP contribution in [0.2, 0.25) is 0 Å². The van der Waals surface area contributed by atoms with Crippen LogP contribution in [0.5, 0.6) is 11.5 Å². The van der Waals surface area contributed by atoms with Gasteiger partial charge in [-0.1, -0.05) is 6.07 Å². The molecule has 1 aromatic carbocycles. The fraction of sp³-hybridized carbons (Fsp3) is 0.600. The summed E-state index contributed by atoms with van der Waals surface area (Å²) >= 11 is 0. The molecule has 1 saturated carbocycles. The molecule has 2 aliphatic heterocycles. The molecule has 1 aromatic rings. The summed E-state index contributed by atoms with van der Waals surface area (Å²) in [6, 6.07) is 5.84. The minimum absolute atomic E-state index is 0.0143. The van der Waals surface area contributed by atoms with Crippen LogP contribution < -0.4 is 9.47 Å². The summed E-state index contributed by atoms with van der Waals surface area (Å²) in [5.41, 5.74) is 1.03. The molecule has 0 unspecified atom stereocenters. The standard InChI is InChI=1S/C20H26N2O4/c1-21(13-14-2-5-17-18(12-14)26-11-10-25-17)19(23)16-6-8-22(9-7-16)20(24)15-3-4-15/h2,5,12,15-16H,3-4,6-11,13H2,1H3. The number of carbonyl (C=O) groups excluding carboxylic acids is 2. The van der Waals surface area contributed by atoms with E-state index in [1.807, 2.05) is 30.1 Å². The van der Waals surface area contributed by atoms with Crippen molar-refractivity contribution in [3.05, 3.63) is 23.8 Å². The normalized spacial score (nSPS) is 20.0. The van der Waals surface area contributed by atoms with Gasteiger partial charge in [0.1, 0.15) is 13.2 Å². The van der Waals surface area contributed by atoms with E-state index >= 15 is 0 Å². The molecule has 140 valence electrons. The summed E-state index contributed by atoms with van der Waals surface area (Å²) in [5, 5.41) is 0. The number of rotatable bonds is 4. The third kappa shape index (κ3) is 3.64. The van der Waals surface area contributed by atoms with Gasteiger partial charge in [-0.3, -0.25) is 9.59 Å². The maximum absolute atomic E-state index is 12.8. The first-order chi connectivity index (χ1) is 12.6. The fourth-order valence-electron chi connectivity index (χ4n) is 3.78. The molecule has 0 radical (unpaired) electrons. The van der Waals surface area contributed by atoms with E-state index in [0.29, 0.717) is 38.8 Å². The number of likely N-dealkylation sites (tertiary alicyclic amines) is 1.